The standard InChI is InChI=1S/C94H134N22O21S/c1-10-13-27-73-88(131)106-67(39-53(4)5)86(129)110-72(84(127)101-48-80(123)98-36-20-15-21-37-102-111-97)51-138-52-81(124)103-68(40-55-30-32-59(118)33-31-55)90(133)112(7)54(6)82(125)107-70(45-79(96)122)93(136)115-38-22-29-74(115)89(132)104-63(12-3)85(128)105-66(34-35-78(95)121)92(135)116-49-60(119)44-76(116)77(120)43-56(41-57-46-99-64-25-18-16-23-61(57)64)83(126)109-71(50-117)87(130)108-69(42-58-47-100-65-26-19-17-24-62(58)65)91(134)114(9)75(28-14-11-2)94(137)113(73)8/h16-19,23-26,30-33,46-47,53-54,56,60,63,66-76,99-100,117-119H,10-15,20-22,27-29,34-45,48-52H2,1-9H3,(H2,95,121)(H2,96,122)(H,98,123)(H,101,127)(H,103,124)(H,104,132)(H,105,128)(H,106,131)(H,107,125)(H,108,130)(H,109,126)(H,110,129)/t54-,56+,60+,63-,66-,67-,68-,69?,70-,71-,72-,73-,74-,75-,76-/m0/s1. The maximum atomic E-state index is 15.8. The Morgan fingerprint density at radius 3 is 1.78 bits per heavy atom. The zero-order chi connectivity index (χ0) is 101. The van der Waals surface area contributed by atoms with E-state index in [-0.39, 0.29) is 89.1 Å². The number of aromatic nitrogens is 2. The number of unbranched alkanes of at least 4 members (excludes halogenated alkanes) is 4. The number of carbonyl (C=O) groups excluding carboxylic acids is 18. The quantitative estimate of drug-likeness (QED) is 0.0130. The highest BCUT2D eigenvalue weighted by Crippen LogP contribution is 2.30. The molecule has 2 aromatic heterocycles. The smallest absolute Gasteiger partial charge is 0.246 e. The van der Waals surface area contributed by atoms with Crippen LogP contribution in [0.4, 0.5) is 0 Å². The second kappa shape index (κ2) is 54.1. The van der Waals surface area contributed by atoms with Crippen molar-refractivity contribution in [3.05, 3.63) is 112 Å². The summed E-state index contributed by atoms with van der Waals surface area (Å²) in [5, 5.41) is 64.2. The number of aromatic hydroxyl groups is 1. The number of para-hydroxylation sites is 2. The lowest BCUT2D eigenvalue weighted by Crippen LogP contribution is -2.61. The molecule has 0 saturated carbocycles. The number of Topliss-reactive ketones (excluding diaryl/α,β-unsaturated/α-hetero) is 1. The van der Waals surface area contributed by atoms with Gasteiger partial charge in [0, 0.05) is 130 Å². The second-order valence-electron chi connectivity index (χ2n) is 35.8. The summed E-state index contributed by atoms with van der Waals surface area (Å²) in [7, 11) is 3.95. The van der Waals surface area contributed by atoms with E-state index in [0.29, 0.717) is 83.4 Å². The van der Waals surface area contributed by atoms with Gasteiger partial charge < -0.3 is 114 Å². The van der Waals surface area contributed by atoms with E-state index in [4.69, 9.17) is 17.0 Å². The van der Waals surface area contributed by atoms with Crippen LogP contribution in [0.15, 0.2) is 90.3 Å². The lowest BCUT2D eigenvalue weighted by molar-refractivity contribution is -0.149. The van der Waals surface area contributed by atoms with Gasteiger partial charge in [-0.2, -0.15) is 0 Å². The van der Waals surface area contributed by atoms with Crippen molar-refractivity contribution in [1.29, 1.82) is 0 Å². The van der Waals surface area contributed by atoms with E-state index in [1.54, 1.807) is 74.8 Å². The number of H-pyrrole nitrogens is 2. The van der Waals surface area contributed by atoms with Crippen molar-refractivity contribution in [2.75, 3.05) is 72.0 Å². The van der Waals surface area contributed by atoms with E-state index in [1.165, 1.54) is 64.2 Å². The lowest BCUT2D eigenvalue weighted by Gasteiger charge is -2.36. The number of aliphatic hydroxyl groups excluding tert-OH is 2. The van der Waals surface area contributed by atoms with Crippen LogP contribution in [-0.2, 0) is 106 Å². The Morgan fingerprint density at radius 1 is 0.580 bits per heavy atom. The third kappa shape index (κ3) is 31.7. The van der Waals surface area contributed by atoms with Gasteiger partial charge in [-0.1, -0.05) is 120 Å². The number of nitrogens with zero attached hydrogens (tertiary/aromatic N) is 8. The molecule has 8 rings (SSSR count). The molecule has 3 aliphatic rings. The molecule has 43 nitrogen and oxygen atoms in total. The van der Waals surface area contributed by atoms with Gasteiger partial charge in [0.25, 0.3) is 0 Å². The van der Waals surface area contributed by atoms with Crippen LogP contribution in [0.2, 0.25) is 0 Å². The summed E-state index contributed by atoms with van der Waals surface area (Å²) in [6.45, 7) is 8.12. The number of nitrogens with one attached hydrogen (secondary N) is 12. The molecule has 0 spiro atoms. The number of fused-ring (bicyclic) bond motifs is 4. The molecule has 15 atom stereocenters. The van der Waals surface area contributed by atoms with Crippen LogP contribution in [0, 0.1) is 11.8 Å². The number of rotatable bonds is 30. The molecule has 3 aliphatic heterocycles. The van der Waals surface area contributed by atoms with Crippen LogP contribution < -0.4 is 64.6 Å². The number of aliphatic hydroxyl groups is 2. The first-order chi connectivity index (χ1) is 65.8. The van der Waals surface area contributed by atoms with Crippen molar-refractivity contribution in [3.8, 4) is 5.75 Å². The maximum absolute atomic E-state index is 15.8. The Morgan fingerprint density at radius 2 is 1.15 bits per heavy atom. The molecular weight excluding hydrogens is 1810 g/mol. The zero-order valence-electron chi connectivity index (χ0n) is 79.7. The van der Waals surface area contributed by atoms with E-state index in [9.17, 15) is 63.3 Å². The number of azide groups is 1. The topological polar surface area (TPSA) is 637 Å². The van der Waals surface area contributed by atoms with E-state index in [0.717, 1.165) is 31.4 Å². The van der Waals surface area contributed by atoms with Crippen LogP contribution in [0.5, 0.6) is 5.75 Å². The number of benzene rings is 3. The van der Waals surface area contributed by atoms with E-state index < -0.39 is 260 Å². The fraction of sp³-hybridized carbons (Fsp3) is 0.574. The molecule has 3 aromatic carbocycles. The number of amides is 17. The minimum Gasteiger partial charge on any atom is -0.508 e. The number of thioether (sulfide) groups is 1. The number of hydrogen-bond acceptors (Lipinski definition) is 23. The SMILES string of the molecule is CCCC[C@H]1C(=O)N(C)[C@@H](CCCC)C(=O)N[C@@H](CC(C)C)C(=O)N[C@H](C(=O)NCC(=O)NCCCCCN=[N+]=[N-])CSCC(=O)N[C@@H](Cc2ccc(O)cc2)C(=O)N(C)[C@@H](C)C(=O)N[C@@H](CC(N)=O)C(=O)N2CCC[C@H]2C(=O)N[C@@H](CC)C(=O)N[C@@H](CCC(N)=O)C(=O)N2C[C@H](O)C[C@H]2C(=O)C[C@@H](Cc2c[nH]c3ccccc23)C(=O)N[C@@H](CO)C(=O)NC(Cc2c[nH]c3ccccc23)C(=O)N1C. The summed E-state index contributed by atoms with van der Waals surface area (Å²) in [5.74, 6) is -19.1. The van der Waals surface area contributed by atoms with Gasteiger partial charge in [-0.15, -0.1) is 11.8 Å². The number of hydrogen-bond donors (Lipinski definition) is 17. The van der Waals surface area contributed by atoms with Crippen molar-refractivity contribution in [2.45, 2.75) is 261 Å². The predicted octanol–water partition coefficient (Wildman–Crippen LogP) is 0.720. The normalized spacial score (nSPS) is 24.5. The summed E-state index contributed by atoms with van der Waals surface area (Å²) in [4.78, 5) is 278. The molecule has 5 aromatic rings. The van der Waals surface area contributed by atoms with Gasteiger partial charge in [-0.25, -0.2) is 0 Å². The monoisotopic (exact) mass is 1940 g/mol. The van der Waals surface area contributed by atoms with Crippen molar-refractivity contribution < 1.29 is 102 Å². The number of ketones is 1. The minimum atomic E-state index is -1.87. The van der Waals surface area contributed by atoms with Crippen molar-refractivity contribution >= 4 is 140 Å². The van der Waals surface area contributed by atoms with Gasteiger partial charge >= 0.3 is 0 Å². The molecule has 3 fully saturated rings. The van der Waals surface area contributed by atoms with E-state index >= 15 is 38.4 Å². The fourth-order valence-corrected chi connectivity index (χ4v) is 18.0. The summed E-state index contributed by atoms with van der Waals surface area (Å²) < 4.78 is 0. The van der Waals surface area contributed by atoms with Crippen LogP contribution >= 0.6 is 11.8 Å². The molecule has 0 bridgehead atoms. The van der Waals surface area contributed by atoms with Crippen molar-refractivity contribution in [3.63, 3.8) is 0 Å². The molecule has 0 radical (unpaired) electrons. The Kier molecular flexibility index (Phi) is 43.1. The largest absolute Gasteiger partial charge is 0.508 e. The number of phenols is 1. The summed E-state index contributed by atoms with van der Waals surface area (Å²) in [6, 6.07) is -0.346. The molecule has 752 valence electrons. The summed E-state index contributed by atoms with van der Waals surface area (Å²) >= 11 is 0.801. The van der Waals surface area contributed by atoms with Gasteiger partial charge in [0.1, 0.15) is 78.3 Å². The van der Waals surface area contributed by atoms with Crippen LogP contribution in [0.3, 0.4) is 0 Å². The highest BCUT2D eigenvalue weighted by Gasteiger charge is 2.47. The first-order valence-electron chi connectivity index (χ1n) is 47.0. The summed E-state index contributed by atoms with van der Waals surface area (Å²) in [5.41, 5.74) is 22.7. The number of phenolic OH excluding ortho intramolecular Hbond substituents is 1. The fourth-order valence-electron chi connectivity index (χ4n) is 17.2. The van der Waals surface area contributed by atoms with Gasteiger partial charge in [0.2, 0.25) is 100 Å². The van der Waals surface area contributed by atoms with Gasteiger partial charge in [-0.3, -0.25) is 86.3 Å². The maximum Gasteiger partial charge on any atom is 0.246 e. The lowest BCUT2D eigenvalue weighted by atomic mass is 9.90. The molecule has 3 saturated heterocycles. The van der Waals surface area contributed by atoms with Crippen LogP contribution in [0.1, 0.15) is 174 Å². The molecule has 44 heteroatoms. The Labute approximate surface area is 804 Å². The Bertz CT molecular complexity index is 5180. The number of primary amides is 2. The number of aromatic amines is 2. The second-order valence-corrected chi connectivity index (χ2v) is 36.9. The summed E-state index contributed by atoms with van der Waals surface area (Å²) in [6.07, 6.45) is 1.47. The van der Waals surface area contributed by atoms with Gasteiger partial charge in [-0.05, 0) is 124 Å². The highest BCUT2D eigenvalue weighted by atomic mass is 32.2. The third-order valence-corrected chi connectivity index (χ3v) is 26.1. The minimum absolute atomic E-state index is 0.00695. The predicted molar refractivity (Wildman–Crippen MR) is 510 cm³/mol. The molecule has 138 heavy (non-hydrogen) atoms. The van der Waals surface area contributed by atoms with Crippen LogP contribution in [-0.4, -0.2) is 313 Å². The molecular formula is C94H134N22O21S. The average Bonchev–Trinajstić information content (AvgIpc) is 1.57. The number of likely N-dealkylation sites (N-methyl/N-ethyl adjacent to an activating group) is 3. The first-order valence-corrected chi connectivity index (χ1v) is 48.2. The van der Waals surface area contributed by atoms with Crippen molar-refractivity contribution in [2.24, 2.45) is 28.4 Å². The molecule has 0 aliphatic carbocycles. The first kappa shape index (κ1) is 110. The molecule has 5 heterocycles. The van der Waals surface area contributed by atoms with Crippen LogP contribution in [0.25, 0.3) is 32.2 Å². The molecule has 17 amide bonds. The molecule has 1 unspecified atom stereocenters. The highest BCUT2D eigenvalue weighted by molar-refractivity contribution is 8.00. The average molecular weight is 1940 g/mol. The van der Waals surface area contributed by atoms with Gasteiger partial charge in [0.05, 0.1) is 37.5 Å². The van der Waals surface area contributed by atoms with E-state index in [1.807, 2.05) is 13.8 Å². The molecule has 19 N–H and O–H groups in total. The van der Waals surface area contributed by atoms with Crippen molar-refractivity contribution in [1.82, 2.24) is 87.6 Å². The number of carbonyl (C=O) groups is 18. The Balaban J connectivity index is 1.18. The van der Waals surface area contributed by atoms with E-state index in [2.05, 4.69) is 73.2 Å². The number of nitrogens with two attached hydrogens (primary N) is 2. The third-order valence-electron chi connectivity index (χ3n) is 25.0. The van der Waals surface area contributed by atoms with Gasteiger partial charge in [0.15, 0.2) is 5.78 Å². The Hall–Kier alpha value is -13.2. The zero-order valence-corrected chi connectivity index (χ0v) is 80.5.